The number of H-pyrrole nitrogens is 1. The summed E-state index contributed by atoms with van der Waals surface area (Å²) in [6.07, 6.45) is 1.83. The van der Waals surface area contributed by atoms with E-state index in [2.05, 4.69) is 15.2 Å². The molecule has 0 fully saturated rings. The maximum absolute atomic E-state index is 11.2. The highest BCUT2D eigenvalue weighted by Gasteiger charge is 2.17. The third-order valence-corrected chi connectivity index (χ3v) is 3.48. The lowest BCUT2D eigenvalue weighted by Gasteiger charge is -2.07. The van der Waals surface area contributed by atoms with E-state index in [1.165, 1.54) is 10.7 Å². The van der Waals surface area contributed by atoms with Crippen molar-refractivity contribution in [2.45, 2.75) is 23.6 Å². The van der Waals surface area contributed by atoms with Crippen molar-refractivity contribution in [1.29, 1.82) is 0 Å². The number of aliphatic carboxylic acids is 1. The molecule has 0 spiro atoms. The van der Waals surface area contributed by atoms with Crippen LogP contribution in [0.1, 0.15) is 13.3 Å². The number of carboxylic acid groups (broad SMARTS) is 1. The van der Waals surface area contributed by atoms with Gasteiger partial charge in [0.05, 0.1) is 0 Å². The van der Waals surface area contributed by atoms with Crippen LogP contribution in [-0.2, 0) is 4.79 Å². The first-order chi connectivity index (χ1) is 8.11. The van der Waals surface area contributed by atoms with Crippen LogP contribution in [0.3, 0.4) is 0 Å². The summed E-state index contributed by atoms with van der Waals surface area (Å²) in [5.41, 5.74) is 0.0575. The second kappa shape index (κ2) is 4.58. The van der Waals surface area contributed by atoms with E-state index >= 15 is 0 Å². The molecular formula is C9H10N4O3S. The summed E-state index contributed by atoms with van der Waals surface area (Å²) in [6.45, 7) is 1.79. The number of hydrogen-bond donors (Lipinski definition) is 2. The van der Waals surface area contributed by atoms with E-state index in [4.69, 9.17) is 5.11 Å². The fraction of sp³-hybridized carbons (Fsp3) is 0.333. The minimum absolute atomic E-state index is 0.366. The molecule has 0 saturated heterocycles. The number of aromatic amines is 1. The van der Waals surface area contributed by atoms with Crippen LogP contribution in [0.4, 0.5) is 0 Å². The molecule has 2 heterocycles. The molecule has 0 saturated carbocycles. The Labute approximate surface area is 99.9 Å². The predicted molar refractivity (Wildman–Crippen MR) is 61.2 cm³/mol. The maximum atomic E-state index is 11.2. The van der Waals surface area contributed by atoms with Crippen LogP contribution in [0.5, 0.6) is 0 Å². The first-order valence-corrected chi connectivity index (χ1v) is 5.82. The summed E-state index contributed by atoms with van der Waals surface area (Å²) < 4.78 is 1.26. The summed E-state index contributed by atoms with van der Waals surface area (Å²) in [5.74, 6) is -0.876. The first-order valence-electron chi connectivity index (χ1n) is 4.94. The van der Waals surface area contributed by atoms with Crippen molar-refractivity contribution in [3.05, 3.63) is 22.9 Å². The van der Waals surface area contributed by atoms with Crippen molar-refractivity contribution < 1.29 is 9.90 Å². The fourth-order valence-corrected chi connectivity index (χ4v) is 2.15. The van der Waals surface area contributed by atoms with E-state index in [1.54, 1.807) is 13.0 Å². The van der Waals surface area contributed by atoms with Gasteiger partial charge in [-0.2, -0.15) is 5.10 Å². The molecule has 0 aliphatic rings. The zero-order chi connectivity index (χ0) is 12.4. The van der Waals surface area contributed by atoms with Gasteiger partial charge in [-0.15, -0.1) is 0 Å². The van der Waals surface area contributed by atoms with Crippen molar-refractivity contribution in [1.82, 2.24) is 19.6 Å². The number of thioether (sulfide) groups is 1. The Morgan fingerprint density at radius 1 is 1.71 bits per heavy atom. The van der Waals surface area contributed by atoms with E-state index in [1.807, 2.05) is 0 Å². The molecule has 0 aromatic carbocycles. The standard InChI is InChI=1S/C9H10N4O3S/c1-2-5(8(14)15)17-7-3-6-11-12-9(16)13(6)4-10-7/h3-5H,2H2,1H3,(H,12,16)(H,14,15). The monoisotopic (exact) mass is 254 g/mol. The van der Waals surface area contributed by atoms with Gasteiger partial charge in [0, 0.05) is 6.07 Å². The Bertz CT molecular complexity index is 606. The second-order valence-electron chi connectivity index (χ2n) is 3.34. The van der Waals surface area contributed by atoms with Crippen molar-refractivity contribution in [3.8, 4) is 0 Å². The van der Waals surface area contributed by atoms with E-state index < -0.39 is 11.2 Å². The van der Waals surface area contributed by atoms with Gasteiger partial charge < -0.3 is 5.11 Å². The second-order valence-corrected chi connectivity index (χ2v) is 4.56. The molecule has 1 atom stereocenters. The van der Waals surface area contributed by atoms with Gasteiger partial charge in [0.25, 0.3) is 0 Å². The van der Waals surface area contributed by atoms with Gasteiger partial charge in [0.1, 0.15) is 16.6 Å². The van der Waals surface area contributed by atoms with Gasteiger partial charge >= 0.3 is 11.7 Å². The molecule has 2 N–H and O–H groups in total. The molecule has 0 bridgehead atoms. The molecule has 0 radical (unpaired) electrons. The van der Waals surface area contributed by atoms with Crippen LogP contribution in [0, 0.1) is 0 Å². The predicted octanol–water partition coefficient (Wildman–Crippen LogP) is 0.373. The van der Waals surface area contributed by atoms with Crippen LogP contribution in [-0.4, -0.2) is 35.9 Å². The summed E-state index contributed by atoms with van der Waals surface area (Å²) in [5, 5.41) is 15.0. The molecule has 90 valence electrons. The molecule has 2 aromatic heterocycles. The van der Waals surface area contributed by atoms with Crippen LogP contribution in [0.2, 0.25) is 0 Å². The number of carbonyl (C=O) groups is 1. The molecule has 0 amide bonds. The number of nitrogens with zero attached hydrogens (tertiary/aromatic N) is 3. The summed E-state index contributed by atoms with van der Waals surface area (Å²) in [4.78, 5) is 26.1. The SMILES string of the molecule is CCC(Sc1cc2n[nH]c(=O)n2cn1)C(=O)O. The topological polar surface area (TPSA) is 100 Å². The van der Waals surface area contributed by atoms with E-state index in [9.17, 15) is 9.59 Å². The maximum Gasteiger partial charge on any atom is 0.348 e. The molecule has 17 heavy (non-hydrogen) atoms. The average Bonchev–Trinajstić information content (AvgIpc) is 2.67. The van der Waals surface area contributed by atoms with Gasteiger partial charge in [-0.3, -0.25) is 4.79 Å². The Balaban J connectivity index is 2.30. The number of carboxylic acids is 1. The lowest BCUT2D eigenvalue weighted by molar-refractivity contribution is -0.136. The lowest BCUT2D eigenvalue weighted by Crippen LogP contribution is -2.15. The molecule has 0 aliphatic carbocycles. The quantitative estimate of drug-likeness (QED) is 0.604. The summed E-state index contributed by atoms with van der Waals surface area (Å²) in [7, 11) is 0. The number of rotatable bonds is 4. The number of nitrogens with one attached hydrogen (secondary N) is 1. The zero-order valence-corrected chi connectivity index (χ0v) is 9.77. The Morgan fingerprint density at radius 3 is 3.12 bits per heavy atom. The largest absolute Gasteiger partial charge is 0.480 e. The lowest BCUT2D eigenvalue weighted by atomic mass is 10.3. The van der Waals surface area contributed by atoms with Crippen molar-refractivity contribution in [3.63, 3.8) is 0 Å². The van der Waals surface area contributed by atoms with Gasteiger partial charge in [0.2, 0.25) is 0 Å². The fourth-order valence-electron chi connectivity index (χ4n) is 1.31. The molecule has 1 unspecified atom stereocenters. The van der Waals surface area contributed by atoms with E-state index in [0.29, 0.717) is 17.1 Å². The molecule has 0 aliphatic heterocycles. The van der Waals surface area contributed by atoms with E-state index in [0.717, 1.165) is 11.8 Å². The van der Waals surface area contributed by atoms with Gasteiger partial charge in [-0.05, 0) is 6.42 Å². The Morgan fingerprint density at radius 2 is 2.47 bits per heavy atom. The van der Waals surface area contributed by atoms with E-state index in [-0.39, 0.29) is 5.69 Å². The highest BCUT2D eigenvalue weighted by atomic mass is 32.2. The van der Waals surface area contributed by atoms with Gasteiger partial charge in [-0.25, -0.2) is 19.3 Å². The van der Waals surface area contributed by atoms with Crippen LogP contribution >= 0.6 is 11.8 Å². The van der Waals surface area contributed by atoms with Crippen LogP contribution in [0.15, 0.2) is 22.2 Å². The van der Waals surface area contributed by atoms with Gasteiger partial charge in [-0.1, -0.05) is 18.7 Å². The zero-order valence-electron chi connectivity index (χ0n) is 8.95. The average molecular weight is 254 g/mol. The third kappa shape index (κ3) is 2.31. The third-order valence-electron chi connectivity index (χ3n) is 2.19. The molecule has 2 rings (SSSR count). The minimum atomic E-state index is -0.876. The minimum Gasteiger partial charge on any atom is -0.480 e. The number of fused-ring (bicyclic) bond motifs is 1. The van der Waals surface area contributed by atoms with Crippen molar-refractivity contribution in [2.24, 2.45) is 0 Å². The van der Waals surface area contributed by atoms with Gasteiger partial charge in [0.15, 0.2) is 5.65 Å². The summed E-state index contributed by atoms with van der Waals surface area (Å²) >= 11 is 1.14. The normalized spacial score (nSPS) is 12.8. The van der Waals surface area contributed by atoms with Crippen molar-refractivity contribution >= 4 is 23.4 Å². The smallest absolute Gasteiger partial charge is 0.348 e. The first kappa shape index (κ1) is 11.6. The summed E-state index contributed by atoms with van der Waals surface area (Å²) in [6, 6.07) is 1.58. The molecule has 7 nitrogen and oxygen atoms in total. The van der Waals surface area contributed by atoms with Crippen molar-refractivity contribution in [2.75, 3.05) is 0 Å². The number of aromatic nitrogens is 4. The molecular weight excluding hydrogens is 244 g/mol. The highest BCUT2D eigenvalue weighted by Crippen LogP contribution is 2.23. The number of hydrogen-bond acceptors (Lipinski definition) is 5. The Hall–Kier alpha value is -1.83. The Kier molecular flexibility index (Phi) is 3.14. The highest BCUT2D eigenvalue weighted by molar-refractivity contribution is 8.00. The van der Waals surface area contributed by atoms with Crippen LogP contribution in [0.25, 0.3) is 5.65 Å². The molecule has 2 aromatic rings. The molecule has 8 heteroatoms. The van der Waals surface area contributed by atoms with Crippen LogP contribution < -0.4 is 5.69 Å².